The maximum atomic E-state index is 5.47. The normalized spacial score (nSPS) is 24.5. The molecule has 2 aliphatic heterocycles. The summed E-state index contributed by atoms with van der Waals surface area (Å²) >= 11 is 0. The highest BCUT2D eigenvalue weighted by atomic mass is 16.5. The van der Waals surface area contributed by atoms with E-state index in [2.05, 4.69) is 26.3 Å². The molecule has 0 spiro atoms. The van der Waals surface area contributed by atoms with Gasteiger partial charge in [-0.15, -0.1) is 0 Å². The van der Waals surface area contributed by atoms with E-state index in [1.807, 2.05) is 6.92 Å². The van der Waals surface area contributed by atoms with E-state index in [0.29, 0.717) is 5.92 Å². The highest BCUT2D eigenvalue weighted by Crippen LogP contribution is 2.26. The SMILES string of the molecule is Cc1nc(C2CCOC2)cc(N2CCCNCC2)n1. The molecule has 19 heavy (non-hydrogen) atoms. The summed E-state index contributed by atoms with van der Waals surface area (Å²) in [6, 6.07) is 2.16. The number of aryl methyl sites for hydroxylation is 1. The predicted octanol–water partition coefficient (Wildman–Crippen LogP) is 1.09. The number of anilines is 1. The van der Waals surface area contributed by atoms with E-state index in [9.17, 15) is 0 Å². The lowest BCUT2D eigenvalue weighted by molar-refractivity contribution is 0.193. The van der Waals surface area contributed by atoms with Crippen LogP contribution in [0.4, 0.5) is 5.82 Å². The highest BCUT2D eigenvalue weighted by Gasteiger charge is 2.21. The van der Waals surface area contributed by atoms with Crippen LogP contribution in [0, 0.1) is 6.92 Å². The molecule has 1 unspecified atom stereocenters. The number of hydrogen-bond donors (Lipinski definition) is 1. The van der Waals surface area contributed by atoms with Gasteiger partial charge in [-0.1, -0.05) is 0 Å². The molecular weight excluding hydrogens is 240 g/mol. The summed E-state index contributed by atoms with van der Waals surface area (Å²) in [4.78, 5) is 11.6. The van der Waals surface area contributed by atoms with Gasteiger partial charge in [0.15, 0.2) is 0 Å². The summed E-state index contributed by atoms with van der Waals surface area (Å²) in [5, 5.41) is 3.43. The fourth-order valence-electron chi connectivity index (χ4n) is 2.79. The number of nitrogens with one attached hydrogen (secondary N) is 1. The van der Waals surface area contributed by atoms with Gasteiger partial charge in [-0.3, -0.25) is 0 Å². The van der Waals surface area contributed by atoms with Crippen molar-refractivity contribution in [3.63, 3.8) is 0 Å². The summed E-state index contributed by atoms with van der Waals surface area (Å²) < 4.78 is 5.47. The van der Waals surface area contributed by atoms with Gasteiger partial charge in [0.05, 0.1) is 12.3 Å². The average Bonchev–Trinajstić information content (AvgIpc) is 2.81. The number of hydrogen-bond acceptors (Lipinski definition) is 5. The van der Waals surface area contributed by atoms with Gasteiger partial charge in [-0.25, -0.2) is 9.97 Å². The van der Waals surface area contributed by atoms with E-state index in [-0.39, 0.29) is 0 Å². The lowest BCUT2D eigenvalue weighted by atomic mass is 10.0. The third-order valence-electron chi connectivity index (χ3n) is 3.86. The molecule has 0 bridgehead atoms. The maximum Gasteiger partial charge on any atom is 0.132 e. The van der Waals surface area contributed by atoms with Gasteiger partial charge >= 0.3 is 0 Å². The summed E-state index contributed by atoms with van der Waals surface area (Å²) in [6.07, 6.45) is 2.25. The summed E-state index contributed by atoms with van der Waals surface area (Å²) in [6.45, 7) is 7.88. The third kappa shape index (κ3) is 3.04. The van der Waals surface area contributed by atoms with Crippen LogP contribution < -0.4 is 10.2 Å². The van der Waals surface area contributed by atoms with Crippen molar-refractivity contribution >= 4 is 5.82 Å². The van der Waals surface area contributed by atoms with Crippen LogP contribution in [0.25, 0.3) is 0 Å². The molecular formula is C14H22N4O. The lowest BCUT2D eigenvalue weighted by Gasteiger charge is -2.22. The molecule has 0 radical (unpaired) electrons. The second-order valence-electron chi connectivity index (χ2n) is 5.35. The van der Waals surface area contributed by atoms with Crippen LogP contribution in [-0.4, -0.2) is 49.4 Å². The topological polar surface area (TPSA) is 50.3 Å². The Morgan fingerprint density at radius 1 is 1.32 bits per heavy atom. The molecule has 0 saturated carbocycles. The largest absolute Gasteiger partial charge is 0.381 e. The van der Waals surface area contributed by atoms with Gasteiger partial charge in [0.1, 0.15) is 11.6 Å². The van der Waals surface area contributed by atoms with Gasteiger partial charge in [0.2, 0.25) is 0 Å². The number of ether oxygens (including phenoxy) is 1. The zero-order chi connectivity index (χ0) is 13.1. The lowest BCUT2D eigenvalue weighted by Crippen LogP contribution is -2.29. The molecule has 1 aromatic rings. The quantitative estimate of drug-likeness (QED) is 0.864. The van der Waals surface area contributed by atoms with E-state index in [1.165, 1.54) is 6.42 Å². The first-order valence-electron chi connectivity index (χ1n) is 7.22. The van der Waals surface area contributed by atoms with Crippen LogP contribution in [0.15, 0.2) is 6.07 Å². The molecule has 2 saturated heterocycles. The fourth-order valence-corrected chi connectivity index (χ4v) is 2.79. The molecule has 1 N–H and O–H groups in total. The second-order valence-corrected chi connectivity index (χ2v) is 5.35. The average molecular weight is 262 g/mol. The molecule has 3 rings (SSSR count). The minimum atomic E-state index is 0.450. The molecule has 2 fully saturated rings. The van der Waals surface area contributed by atoms with Crippen molar-refractivity contribution in [3.05, 3.63) is 17.6 Å². The molecule has 2 aliphatic rings. The summed E-state index contributed by atoms with van der Waals surface area (Å²) in [5.74, 6) is 2.40. The zero-order valence-electron chi connectivity index (χ0n) is 11.6. The molecule has 104 valence electrons. The van der Waals surface area contributed by atoms with Gasteiger partial charge in [0, 0.05) is 38.2 Å². The van der Waals surface area contributed by atoms with Crippen molar-refractivity contribution in [2.45, 2.75) is 25.7 Å². The maximum absolute atomic E-state index is 5.47. The van der Waals surface area contributed by atoms with Crippen molar-refractivity contribution in [1.29, 1.82) is 0 Å². The van der Waals surface area contributed by atoms with Gasteiger partial charge < -0.3 is 15.0 Å². The van der Waals surface area contributed by atoms with Crippen molar-refractivity contribution in [1.82, 2.24) is 15.3 Å². The van der Waals surface area contributed by atoms with Crippen molar-refractivity contribution < 1.29 is 4.74 Å². The van der Waals surface area contributed by atoms with E-state index in [0.717, 1.165) is 63.1 Å². The van der Waals surface area contributed by atoms with Crippen LogP contribution in [0.2, 0.25) is 0 Å². The molecule has 1 aromatic heterocycles. The number of rotatable bonds is 2. The van der Waals surface area contributed by atoms with E-state index >= 15 is 0 Å². The monoisotopic (exact) mass is 262 g/mol. The van der Waals surface area contributed by atoms with Crippen LogP contribution in [0.5, 0.6) is 0 Å². The molecule has 0 amide bonds. The standard InChI is InChI=1S/C14H22N4O/c1-11-16-13(12-3-8-19-10-12)9-14(17-11)18-6-2-4-15-5-7-18/h9,12,15H,2-8,10H2,1H3. The molecule has 5 nitrogen and oxygen atoms in total. The Labute approximate surface area is 114 Å². The Kier molecular flexibility index (Phi) is 3.94. The summed E-state index contributed by atoms with van der Waals surface area (Å²) in [7, 11) is 0. The molecule has 0 aromatic carbocycles. The molecule has 1 atom stereocenters. The Morgan fingerprint density at radius 3 is 3.11 bits per heavy atom. The molecule has 5 heteroatoms. The predicted molar refractivity (Wildman–Crippen MR) is 74.6 cm³/mol. The minimum absolute atomic E-state index is 0.450. The highest BCUT2D eigenvalue weighted by molar-refractivity contribution is 5.41. The second kappa shape index (κ2) is 5.84. The Hall–Kier alpha value is -1.20. The Bertz CT molecular complexity index is 423. The van der Waals surface area contributed by atoms with Gasteiger partial charge in [-0.05, 0) is 26.3 Å². The van der Waals surface area contributed by atoms with Crippen molar-refractivity contribution in [2.75, 3.05) is 44.3 Å². The Balaban J connectivity index is 1.83. The van der Waals surface area contributed by atoms with Crippen LogP contribution in [-0.2, 0) is 4.74 Å². The number of nitrogens with zero attached hydrogens (tertiary/aromatic N) is 3. The first-order valence-corrected chi connectivity index (χ1v) is 7.22. The van der Waals surface area contributed by atoms with Gasteiger partial charge in [-0.2, -0.15) is 0 Å². The smallest absolute Gasteiger partial charge is 0.132 e. The first-order chi connectivity index (χ1) is 9.33. The zero-order valence-corrected chi connectivity index (χ0v) is 11.6. The van der Waals surface area contributed by atoms with Crippen LogP contribution in [0.3, 0.4) is 0 Å². The van der Waals surface area contributed by atoms with E-state index in [1.54, 1.807) is 0 Å². The Morgan fingerprint density at radius 2 is 2.26 bits per heavy atom. The third-order valence-corrected chi connectivity index (χ3v) is 3.86. The molecule has 0 aliphatic carbocycles. The number of aromatic nitrogens is 2. The van der Waals surface area contributed by atoms with E-state index in [4.69, 9.17) is 4.74 Å². The minimum Gasteiger partial charge on any atom is -0.381 e. The fraction of sp³-hybridized carbons (Fsp3) is 0.714. The van der Waals surface area contributed by atoms with E-state index < -0.39 is 0 Å². The van der Waals surface area contributed by atoms with Crippen LogP contribution >= 0.6 is 0 Å². The van der Waals surface area contributed by atoms with Crippen molar-refractivity contribution in [2.24, 2.45) is 0 Å². The van der Waals surface area contributed by atoms with Crippen molar-refractivity contribution in [3.8, 4) is 0 Å². The van der Waals surface area contributed by atoms with Gasteiger partial charge in [0.25, 0.3) is 0 Å². The first kappa shape index (κ1) is 12.8. The summed E-state index contributed by atoms with van der Waals surface area (Å²) in [5.41, 5.74) is 1.15. The van der Waals surface area contributed by atoms with Crippen LogP contribution in [0.1, 0.15) is 30.3 Å². The molecule has 3 heterocycles.